The van der Waals surface area contributed by atoms with Gasteiger partial charge < -0.3 is 15.2 Å². The lowest BCUT2D eigenvalue weighted by Gasteiger charge is -2.14. The van der Waals surface area contributed by atoms with Crippen molar-refractivity contribution in [2.75, 3.05) is 7.11 Å². The number of methoxy groups -OCH3 is 1. The lowest BCUT2D eigenvalue weighted by atomic mass is 10.2. The normalized spacial score (nSPS) is 10.6. The number of benzene rings is 1. The van der Waals surface area contributed by atoms with Crippen molar-refractivity contribution in [3.05, 3.63) is 23.8 Å². The molecule has 92 valence electrons. The standard InChI is InChI=1S/C9H10F3NO2.ClH/c1-14-7-3-2-4-8(6(7)5-13)15-9(10,11)12;/h2-4H,5,13H2,1H3;1H. The molecule has 0 spiro atoms. The van der Waals surface area contributed by atoms with Gasteiger partial charge in [0.1, 0.15) is 11.5 Å². The van der Waals surface area contributed by atoms with Crippen LogP contribution in [0.1, 0.15) is 5.56 Å². The fourth-order valence-corrected chi connectivity index (χ4v) is 1.16. The van der Waals surface area contributed by atoms with Crippen LogP contribution in [-0.2, 0) is 6.54 Å². The van der Waals surface area contributed by atoms with Crippen LogP contribution in [0.4, 0.5) is 13.2 Å². The van der Waals surface area contributed by atoms with Crippen molar-refractivity contribution < 1.29 is 22.6 Å². The monoisotopic (exact) mass is 257 g/mol. The topological polar surface area (TPSA) is 44.5 Å². The molecule has 0 aliphatic rings. The second kappa shape index (κ2) is 5.81. The first-order valence-corrected chi connectivity index (χ1v) is 4.09. The summed E-state index contributed by atoms with van der Waals surface area (Å²) in [5.41, 5.74) is 5.51. The predicted molar refractivity (Wildman–Crippen MR) is 54.8 cm³/mol. The molecule has 16 heavy (non-hydrogen) atoms. The van der Waals surface area contributed by atoms with E-state index in [-0.39, 0.29) is 36.0 Å². The summed E-state index contributed by atoms with van der Waals surface area (Å²) in [6.07, 6.45) is -4.73. The van der Waals surface area contributed by atoms with Crippen LogP contribution in [0.2, 0.25) is 0 Å². The fourth-order valence-electron chi connectivity index (χ4n) is 1.16. The average molecular weight is 258 g/mol. The number of nitrogens with two attached hydrogens (primary N) is 1. The van der Waals surface area contributed by atoms with E-state index in [1.165, 1.54) is 25.3 Å². The van der Waals surface area contributed by atoms with E-state index in [1.807, 2.05) is 0 Å². The highest BCUT2D eigenvalue weighted by atomic mass is 35.5. The second-order valence-corrected chi connectivity index (χ2v) is 2.69. The SMILES string of the molecule is COc1cccc(OC(F)(F)F)c1CN.Cl. The van der Waals surface area contributed by atoms with E-state index >= 15 is 0 Å². The Morgan fingerprint density at radius 2 is 1.81 bits per heavy atom. The second-order valence-electron chi connectivity index (χ2n) is 2.69. The molecule has 0 radical (unpaired) electrons. The number of halogens is 4. The molecule has 0 atom stereocenters. The lowest BCUT2D eigenvalue weighted by molar-refractivity contribution is -0.274. The molecule has 2 N–H and O–H groups in total. The van der Waals surface area contributed by atoms with Crippen LogP contribution in [0.15, 0.2) is 18.2 Å². The molecule has 0 aliphatic heterocycles. The summed E-state index contributed by atoms with van der Waals surface area (Å²) in [4.78, 5) is 0. The molecular formula is C9H11ClF3NO2. The number of rotatable bonds is 3. The van der Waals surface area contributed by atoms with Crippen molar-refractivity contribution >= 4 is 12.4 Å². The molecule has 3 nitrogen and oxygen atoms in total. The first-order valence-electron chi connectivity index (χ1n) is 4.09. The smallest absolute Gasteiger partial charge is 0.496 e. The highest BCUT2D eigenvalue weighted by Crippen LogP contribution is 2.31. The zero-order valence-corrected chi connectivity index (χ0v) is 9.19. The van der Waals surface area contributed by atoms with E-state index in [1.54, 1.807) is 0 Å². The van der Waals surface area contributed by atoms with Crippen molar-refractivity contribution in [1.29, 1.82) is 0 Å². The Labute approximate surface area is 96.7 Å². The summed E-state index contributed by atoms with van der Waals surface area (Å²) >= 11 is 0. The highest BCUT2D eigenvalue weighted by molar-refractivity contribution is 5.85. The fraction of sp³-hybridized carbons (Fsp3) is 0.333. The van der Waals surface area contributed by atoms with Gasteiger partial charge in [-0.2, -0.15) is 0 Å². The highest BCUT2D eigenvalue weighted by Gasteiger charge is 2.32. The third kappa shape index (κ3) is 3.79. The molecule has 1 aromatic carbocycles. The molecule has 0 aromatic heterocycles. The minimum atomic E-state index is -4.73. The summed E-state index contributed by atoms with van der Waals surface area (Å²) in [7, 11) is 1.35. The Morgan fingerprint density at radius 1 is 1.25 bits per heavy atom. The number of hydrogen-bond donors (Lipinski definition) is 1. The van der Waals surface area contributed by atoms with Gasteiger partial charge in [0, 0.05) is 6.54 Å². The van der Waals surface area contributed by atoms with Crippen LogP contribution in [0.25, 0.3) is 0 Å². The number of hydrogen-bond acceptors (Lipinski definition) is 3. The van der Waals surface area contributed by atoms with Gasteiger partial charge in [0.2, 0.25) is 0 Å². The molecule has 0 fully saturated rings. The van der Waals surface area contributed by atoms with Gasteiger partial charge in [-0.05, 0) is 12.1 Å². The van der Waals surface area contributed by atoms with Crippen LogP contribution in [0.5, 0.6) is 11.5 Å². The molecule has 0 aliphatic carbocycles. The minimum Gasteiger partial charge on any atom is -0.496 e. The zero-order valence-electron chi connectivity index (χ0n) is 8.38. The predicted octanol–water partition coefficient (Wildman–Crippen LogP) is 2.47. The minimum absolute atomic E-state index is 0. The first-order chi connectivity index (χ1) is 6.98. The molecule has 0 bridgehead atoms. The quantitative estimate of drug-likeness (QED) is 0.905. The maximum atomic E-state index is 12.0. The van der Waals surface area contributed by atoms with Gasteiger partial charge in [-0.3, -0.25) is 0 Å². The van der Waals surface area contributed by atoms with E-state index in [9.17, 15) is 13.2 Å². The van der Waals surface area contributed by atoms with Gasteiger partial charge in [0.05, 0.1) is 12.7 Å². The molecule has 0 amide bonds. The van der Waals surface area contributed by atoms with E-state index < -0.39 is 6.36 Å². The molecule has 0 heterocycles. The van der Waals surface area contributed by atoms with E-state index in [0.717, 1.165) is 0 Å². The van der Waals surface area contributed by atoms with Gasteiger partial charge in [0.15, 0.2) is 0 Å². The lowest BCUT2D eigenvalue weighted by Crippen LogP contribution is -2.19. The summed E-state index contributed by atoms with van der Waals surface area (Å²) < 4.78 is 44.6. The average Bonchev–Trinajstić information content (AvgIpc) is 2.15. The Kier molecular flexibility index (Phi) is 5.40. The van der Waals surface area contributed by atoms with Gasteiger partial charge in [-0.25, -0.2) is 0 Å². The Morgan fingerprint density at radius 3 is 2.25 bits per heavy atom. The van der Waals surface area contributed by atoms with Gasteiger partial charge in [-0.1, -0.05) is 6.07 Å². The molecule has 0 saturated heterocycles. The van der Waals surface area contributed by atoms with Gasteiger partial charge in [-0.15, -0.1) is 25.6 Å². The summed E-state index contributed by atoms with van der Waals surface area (Å²) in [6.45, 7) is -0.0879. The first kappa shape index (κ1) is 14.9. The Balaban J connectivity index is 0.00000225. The van der Waals surface area contributed by atoms with Gasteiger partial charge in [0.25, 0.3) is 0 Å². The third-order valence-corrected chi connectivity index (χ3v) is 1.74. The van der Waals surface area contributed by atoms with Crippen molar-refractivity contribution in [2.45, 2.75) is 12.9 Å². The molecule has 1 rings (SSSR count). The van der Waals surface area contributed by atoms with Crippen LogP contribution in [0, 0.1) is 0 Å². The Bertz CT molecular complexity index is 344. The van der Waals surface area contributed by atoms with Crippen molar-refractivity contribution in [1.82, 2.24) is 0 Å². The van der Waals surface area contributed by atoms with E-state index in [2.05, 4.69) is 4.74 Å². The van der Waals surface area contributed by atoms with Gasteiger partial charge >= 0.3 is 6.36 Å². The van der Waals surface area contributed by atoms with Crippen LogP contribution in [-0.4, -0.2) is 13.5 Å². The Hall–Kier alpha value is -1.14. The molecule has 0 saturated carbocycles. The summed E-state index contributed by atoms with van der Waals surface area (Å²) in [5, 5.41) is 0. The van der Waals surface area contributed by atoms with E-state index in [4.69, 9.17) is 10.5 Å². The zero-order chi connectivity index (χ0) is 11.5. The van der Waals surface area contributed by atoms with Crippen LogP contribution < -0.4 is 15.2 Å². The van der Waals surface area contributed by atoms with Crippen LogP contribution in [0.3, 0.4) is 0 Å². The summed E-state index contributed by atoms with van der Waals surface area (Å²) in [5.74, 6) is -0.0522. The maximum Gasteiger partial charge on any atom is 0.573 e. The maximum absolute atomic E-state index is 12.0. The molecule has 1 aromatic rings. The van der Waals surface area contributed by atoms with Crippen LogP contribution >= 0.6 is 12.4 Å². The van der Waals surface area contributed by atoms with Crippen molar-refractivity contribution in [3.63, 3.8) is 0 Å². The van der Waals surface area contributed by atoms with E-state index in [0.29, 0.717) is 0 Å². The number of alkyl halides is 3. The summed E-state index contributed by atoms with van der Waals surface area (Å²) in [6, 6.07) is 4.11. The largest absolute Gasteiger partial charge is 0.573 e. The third-order valence-electron chi connectivity index (χ3n) is 1.74. The molecular weight excluding hydrogens is 247 g/mol. The van der Waals surface area contributed by atoms with Crippen molar-refractivity contribution in [2.24, 2.45) is 5.73 Å². The van der Waals surface area contributed by atoms with Crippen molar-refractivity contribution in [3.8, 4) is 11.5 Å². The molecule has 0 unspecified atom stereocenters. The number of ether oxygens (including phenoxy) is 2. The molecule has 7 heteroatoms.